The van der Waals surface area contributed by atoms with Crippen LogP contribution in [0.4, 0.5) is 0 Å². The second kappa shape index (κ2) is 16.1. The number of hydrogen-bond acceptors (Lipinski definition) is 5. The molecule has 0 N–H and O–H groups in total. The van der Waals surface area contributed by atoms with Gasteiger partial charge in [0.2, 0.25) is 0 Å². The molecule has 0 saturated heterocycles. The Kier molecular flexibility index (Phi) is 25.6. The standard InChI is InChI=1S/C7H17NO4.2K/c1-3-8(2)7(6-12-10)4-5-11-9;;/h7,9-10H,3-6H2,1-2H3;;/q;2*+1/p-2. The van der Waals surface area contributed by atoms with Crippen molar-refractivity contribution in [2.24, 2.45) is 0 Å². The van der Waals surface area contributed by atoms with Crippen LogP contribution in [-0.2, 0) is 9.78 Å². The minimum atomic E-state index is -0.0264. The Balaban J connectivity index is -0.000000605. The molecule has 0 aliphatic rings. The maximum Gasteiger partial charge on any atom is 1.00 e. The Morgan fingerprint density at radius 1 is 1.21 bits per heavy atom. The van der Waals surface area contributed by atoms with Gasteiger partial charge >= 0.3 is 103 Å². The predicted octanol–water partition coefficient (Wildman–Crippen LogP) is -7.71. The molecular weight excluding hydrogens is 240 g/mol. The van der Waals surface area contributed by atoms with Gasteiger partial charge in [0.15, 0.2) is 0 Å². The first kappa shape index (κ1) is 22.3. The molecule has 0 aromatic rings. The summed E-state index contributed by atoms with van der Waals surface area (Å²) in [4.78, 5) is 9.40. The van der Waals surface area contributed by atoms with Gasteiger partial charge in [-0.15, -0.1) is 0 Å². The van der Waals surface area contributed by atoms with Gasteiger partial charge in [-0.05, 0) is 20.0 Å². The quantitative estimate of drug-likeness (QED) is 0.257. The van der Waals surface area contributed by atoms with Crippen molar-refractivity contribution in [2.75, 3.05) is 26.8 Å². The Bertz CT molecular complexity index is 110. The van der Waals surface area contributed by atoms with Crippen LogP contribution in [0.3, 0.4) is 0 Å². The van der Waals surface area contributed by atoms with Crippen molar-refractivity contribution in [3.05, 3.63) is 0 Å². The van der Waals surface area contributed by atoms with Gasteiger partial charge in [0.1, 0.15) is 0 Å². The van der Waals surface area contributed by atoms with E-state index in [0.29, 0.717) is 6.42 Å². The van der Waals surface area contributed by atoms with Crippen molar-refractivity contribution in [3.8, 4) is 0 Å². The molecule has 14 heavy (non-hydrogen) atoms. The zero-order chi connectivity index (χ0) is 9.40. The van der Waals surface area contributed by atoms with Crippen LogP contribution in [0, 0.1) is 0 Å². The van der Waals surface area contributed by atoms with E-state index in [4.69, 9.17) is 0 Å². The molecular formula is C7H15K2NO4. The van der Waals surface area contributed by atoms with Crippen LogP contribution in [0.15, 0.2) is 0 Å². The number of rotatable bonds is 7. The molecule has 0 aliphatic heterocycles. The number of nitrogens with zero attached hydrogens (tertiary/aromatic N) is 1. The third kappa shape index (κ3) is 11.6. The van der Waals surface area contributed by atoms with Crippen LogP contribution in [-0.4, -0.2) is 37.7 Å². The van der Waals surface area contributed by atoms with Crippen LogP contribution in [0.1, 0.15) is 13.3 Å². The van der Waals surface area contributed by atoms with Gasteiger partial charge in [-0.1, -0.05) is 6.92 Å². The molecule has 1 atom stereocenters. The van der Waals surface area contributed by atoms with Crippen molar-refractivity contribution in [1.29, 1.82) is 0 Å². The Hall–Kier alpha value is 3.07. The first-order valence-electron chi connectivity index (χ1n) is 3.96. The molecule has 74 valence electrons. The molecule has 0 radical (unpaired) electrons. The first-order chi connectivity index (χ1) is 5.76. The summed E-state index contributed by atoms with van der Waals surface area (Å²) in [7, 11) is 1.87. The van der Waals surface area contributed by atoms with Gasteiger partial charge in [-0.2, -0.15) is 0 Å². The van der Waals surface area contributed by atoms with Crippen molar-refractivity contribution < 1.29 is 123 Å². The molecule has 0 aromatic carbocycles. The number of likely N-dealkylation sites (N-methyl/N-ethyl adjacent to an activating group) is 1. The summed E-state index contributed by atoms with van der Waals surface area (Å²) in [6, 6.07) is -0.0264. The molecule has 0 fully saturated rings. The topological polar surface area (TPSA) is 67.8 Å². The predicted molar refractivity (Wildman–Crippen MR) is 38.6 cm³/mol. The fraction of sp³-hybridized carbons (Fsp3) is 1.00. The Morgan fingerprint density at radius 2 is 1.79 bits per heavy atom. The molecule has 0 aliphatic carbocycles. The summed E-state index contributed by atoms with van der Waals surface area (Å²) >= 11 is 0. The fourth-order valence-electron chi connectivity index (χ4n) is 0.952. The largest absolute Gasteiger partial charge is 1.00 e. The SMILES string of the molecule is CCN(C)C(CCO[O-])CO[O-].[K+].[K+]. The van der Waals surface area contributed by atoms with E-state index in [1.54, 1.807) is 0 Å². The normalized spacial score (nSPS) is 11.8. The molecule has 1 unspecified atom stereocenters. The smallest absolute Gasteiger partial charge is 0.723 e. The third-order valence-electron chi connectivity index (χ3n) is 1.92. The van der Waals surface area contributed by atoms with Crippen LogP contribution in [0.25, 0.3) is 0 Å². The van der Waals surface area contributed by atoms with Gasteiger partial charge in [-0.25, -0.2) is 0 Å². The monoisotopic (exact) mass is 255 g/mol. The third-order valence-corrected chi connectivity index (χ3v) is 1.92. The second-order valence-electron chi connectivity index (χ2n) is 2.62. The summed E-state index contributed by atoms with van der Waals surface area (Å²) in [5, 5.41) is 19.6. The molecule has 0 saturated carbocycles. The van der Waals surface area contributed by atoms with Crippen molar-refractivity contribution in [2.45, 2.75) is 19.4 Å². The summed E-state index contributed by atoms with van der Waals surface area (Å²) in [6.45, 7) is 2.98. The second-order valence-corrected chi connectivity index (χ2v) is 2.62. The summed E-state index contributed by atoms with van der Waals surface area (Å²) in [6.07, 6.45) is 0.524. The van der Waals surface area contributed by atoms with Crippen LogP contribution < -0.4 is 113 Å². The maximum absolute atomic E-state index is 9.88. The molecule has 7 heteroatoms. The Labute approximate surface area is 170 Å². The average molecular weight is 255 g/mol. The average Bonchev–Trinajstić information content (AvgIpc) is 2.11. The molecule has 0 amide bonds. The zero-order valence-corrected chi connectivity index (χ0v) is 15.7. The van der Waals surface area contributed by atoms with Crippen molar-refractivity contribution in [1.82, 2.24) is 4.90 Å². The van der Waals surface area contributed by atoms with Gasteiger partial charge in [0, 0.05) is 19.3 Å². The van der Waals surface area contributed by atoms with Crippen LogP contribution in [0.5, 0.6) is 0 Å². The van der Waals surface area contributed by atoms with Gasteiger partial charge in [0.25, 0.3) is 0 Å². The van der Waals surface area contributed by atoms with Gasteiger partial charge in [0.05, 0.1) is 0 Å². The van der Waals surface area contributed by atoms with E-state index in [9.17, 15) is 10.5 Å². The maximum atomic E-state index is 9.88. The number of hydrogen-bond donors (Lipinski definition) is 0. The molecule has 5 nitrogen and oxygen atoms in total. The summed E-state index contributed by atoms with van der Waals surface area (Å²) < 4.78 is 0. The summed E-state index contributed by atoms with van der Waals surface area (Å²) in [5.74, 6) is 0. The van der Waals surface area contributed by atoms with Crippen molar-refractivity contribution >= 4 is 0 Å². The molecule has 0 rings (SSSR count). The molecule has 0 heterocycles. The van der Waals surface area contributed by atoms with Crippen LogP contribution >= 0.6 is 0 Å². The molecule has 0 spiro atoms. The van der Waals surface area contributed by atoms with E-state index >= 15 is 0 Å². The minimum Gasteiger partial charge on any atom is -0.723 e. The Morgan fingerprint density at radius 3 is 2.14 bits per heavy atom. The van der Waals surface area contributed by atoms with Crippen LogP contribution in [0.2, 0.25) is 0 Å². The van der Waals surface area contributed by atoms with Gasteiger partial charge < -0.3 is 25.2 Å². The van der Waals surface area contributed by atoms with E-state index in [2.05, 4.69) is 9.78 Å². The first-order valence-corrected chi connectivity index (χ1v) is 3.96. The van der Waals surface area contributed by atoms with E-state index < -0.39 is 0 Å². The van der Waals surface area contributed by atoms with E-state index in [-0.39, 0.29) is 122 Å². The van der Waals surface area contributed by atoms with E-state index in [1.807, 2.05) is 18.9 Å². The summed E-state index contributed by atoms with van der Waals surface area (Å²) in [5.41, 5.74) is 0. The van der Waals surface area contributed by atoms with Crippen molar-refractivity contribution in [3.63, 3.8) is 0 Å². The minimum absolute atomic E-state index is 0. The molecule has 0 aromatic heterocycles. The molecule has 0 bridgehead atoms. The van der Waals surface area contributed by atoms with Gasteiger partial charge in [-0.3, -0.25) is 0 Å². The van der Waals surface area contributed by atoms with E-state index in [1.165, 1.54) is 0 Å². The van der Waals surface area contributed by atoms with E-state index in [0.717, 1.165) is 6.54 Å². The fourth-order valence-corrected chi connectivity index (χ4v) is 0.952. The zero-order valence-electron chi connectivity index (χ0n) is 9.49.